The normalized spacial score (nSPS) is 29.1. The van der Waals surface area contributed by atoms with Crippen LogP contribution in [0, 0.1) is 5.41 Å². The molecule has 0 aromatic carbocycles. The summed E-state index contributed by atoms with van der Waals surface area (Å²) in [5.74, 6) is -0.0509. The Kier molecular flexibility index (Phi) is 3.94. The fourth-order valence-electron chi connectivity index (χ4n) is 1.77. The van der Waals surface area contributed by atoms with Gasteiger partial charge in [0.05, 0.1) is 6.04 Å². The minimum Gasteiger partial charge on any atom is -0.352 e. The summed E-state index contributed by atoms with van der Waals surface area (Å²) < 4.78 is 13.1. The van der Waals surface area contributed by atoms with Crippen molar-refractivity contribution < 1.29 is 9.18 Å². The molecule has 0 aromatic heterocycles. The molecule has 94 valence electrons. The van der Waals surface area contributed by atoms with Crippen LogP contribution in [-0.4, -0.2) is 42.7 Å². The van der Waals surface area contributed by atoms with E-state index < -0.39 is 6.17 Å². The van der Waals surface area contributed by atoms with Crippen molar-refractivity contribution in [3.8, 4) is 0 Å². The average Bonchev–Trinajstić information content (AvgIpc) is 2.43. The van der Waals surface area contributed by atoms with E-state index in [0.29, 0.717) is 13.0 Å². The Morgan fingerprint density at radius 3 is 2.44 bits per heavy atom. The SMILES string of the molecule is CC(NC(=O)C1CC(F)CN1C)C(C)(C)C. The van der Waals surface area contributed by atoms with Crippen LogP contribution in [0.2, 0.25) is 0 Å². The fourth-order valence-corrected chi connectivity index (χ4v) is 1.77. The Morgan fingerprint density at radius 2 is 2.06 bits per heavy atom. The number of nitrogens with one attached hydrogen (secondary N) is 1. The number of nitrogens with zero attached hydrogens (tertiary/aromatic N) is 1. The maximum Gasteiger partial charge on any atom is 0.237 e. The van der Waals surface area contributed by atoms with Gasteiger partial charge in [0.15, 0.2) is 0 Å². The number of carbonyl (C=O) groups excluding carboxylic acids is 1. The molecule has 0 aromatic rings. The molecule has 1 heterocycles. The van der Waals surface area contributed by atoms with Crippen molar-refractivity contribution in [2.24, 2.45) is 5.41 Å². The first-order chi connectivity index (χ1) is 7.21. The molecule has 1 rings (SSSR count). The van der Waals surface area contributed by atoms with E-state index in [9.17, 15) is 9.18 Å². The topological polar surface area (TPSA) is 32.3 Å². The molecule has 0 saturated carbocycles. The number of hydrogen-bond donors (Lipinski definition) is 1. The first kappa shape index (κ1) is 13.4. The van der Waals surface area contributed by atoms with Crippen LogP contribution >= 0.6 is 0 Å². The van der Waals surface area contributed by atoms with E-state index in [4.69, 9.17) is 0 Å². The minimum absolute atomic E-state index is 0.0297. The van der Waals surface area contributed by atoms with Gasteiger partial charge < -0.3 is 5.32 Å². The molecule has 1 fully saturated rings. The van der Waals surface area contributed by atoms with E-state index in [1.807, 2.05) is 6.92 Å². The average molecular weight is 230 g/mol. The van der Waals surface area contributed by atoms with E-state index in [0.717, 1.165) is 0 Å². The van der Waals surface area contributed by atoms with Gasteiger partial charge >= 0.3 is 0 Å². The van der Waals surface area contributed by atoms with Gasteiger partial charge in [-0.05, 0) is 19.4 Å². The second kappa shape index (κ2) is 4.70. The van der Waals surface area contributed by atoms with Crippen LogP contribution in [-0.2, 0) is 4.79 Å². The third-order valence-electron chi connectivity index (χ3n) is 3.46. The highest BCUT2D eigenvalue weighted by Crippen LogP contribution is 2.21. The summed E-state index contributed by atoms with van der Waals surface area (Å²) in [6.45, 7) is 8.58. The number of likely N-dealkylation sites (N-methyl/N-ethyl adjacent to an activating group) is 1. The molecule has 3 unspecified atom stereocenters. The van der Waals surface area contributed by atoms with Crippen molar-refractivity contribution >= 4 is 5.91 Å². The predicted molar refractivity (Wildman–Crippen MR) is 63.0 cm³/mol. The lowest BCUT2D eigenvalue weighted by atomic mass is 9.88. The van der Waals surface area contributed by atoms with Gasteiger partial charge in [-0.15, -0.1) is 0 Å². The van der Waals surface area contributed by atoms with Crippen LogP contribution < -0.4 is 5.32 Å². The van der Waals surface area contributed by atoms with Gasteiger partial charge in [-0.3, -0.25) is 9.69 Å². The fraction of sp³-hybridized carbons (Fsp3) is 0.917. The first-order valence-electron chi connectivity index (χ1n) is 5.86. The van der Waals surface area contributed by atoms with Gasteiger partial charge in [-0.25, -0.2) is 4.39 Å². The van der Waals surface area contributed by atoms with Gasteiger partial charge in [-0.2, -0.15) is 0 Å². The lowest BCUT2D eigenvalue weighted by Gasteiger charge is -2.30. The summed E-state index contributed by atoms with van der Waals surface area (Å²) >= 11 is 0. The summed E-state index contributed by atoms with van der Waals surface area (Å²) in [7, 11) is 1.80. The van der Waals surface area contributed by atoms with Crippen LogP contribution in [0.1, 0.15) is 34.1 Å². The summed E-state index contributed by atoms with van der Waals surface area (Å²) in [6, 6.07) is -0.216. The monoisotopic (exact) mass is 230 g/mol. The van der Waals surface area contributed by atoms with E-state index in [1.165, 1.54) is 0 Å². The maximum atomic E-state index is 13.1. The highest BCUT2D eigenvalue weighted by atomic mass is 19.1. The van der Waals surface area contributed by atoms with Crippen LogP contribution in [0.4, 0.5) is 4.39 Å². The second-order valence-electron chi connectivity index (χ2n) is 5.88. The lowest BCUT2D eigenvalue weighted by molar-refractivity contribution is -0.126. The zero-order chi connectivity index (χ0) is 12.5. The molecule has 1 aliphatic heterocycles. The highest BCUT2D eigenvalue weighted by molar-refractivity contribution is 5.82. The van der Waals surface area contributed by atoms with Crippen molar-refractivity contribution in [3.63, 3.8) is 0 Å². The van der Waals surface area contributed by atoms with Crippen molar-refractivity contribution in [2.75, 3.05) is 13.6 Å². The minimum atomic E-state index is -0.870. The van der Waals surface area contributed by atoms with Crippen molar-refractivity contribution in [1.82, 2.24) is 10.2 Å². The third-order valence-corrected chi connectivity index (χ3v) is 3.46. The number of amides is 1. The van der Waals surface area contributed by atoms with Crippen molar-refractivity contribution in [1.29, 1.82) is 0 Å². The second-order valence-corrected chi connectivity index (χ2v) is 5.88. The molecule has 1 amide bonds. The molecular formula is C12H23FN2O. The number of rotatable bonds is 2. The predicted octanol–water partition coefficient (Wildman–Crippen LogP) is 1.58. The summed E-state index contributed by atoms with van der Waals surface area (Å²) in [5, 5.41) is 2.97. The van der Waals surface area contributed by atoms with Crippen LogP contribution in [0.15, 0.2) is 0 Å². The van der Waals surface area contributed by atoms with E-state index in [-0.39, 0.29) is 23.4 Å². The molecule has 4 heteroatoms. The zero-order valence-corrected chi connectivity index (χ0v) is 10.9. The number of hydrogen-bond acceptors (Lipinski definition) is 2. The Bertz CT molecular complexity index is 262. The van der Waals surface area contributed by atoms with Gasteiger partial charge in [0.25, 0.3) is 0 Å². The Labute approximate surface area is 97.4 Å². The quantitative estimate of drug-likeness (QED) is 0.781. The Balaban J connectivity index is 2.53. The zero-order valence-electron chi connectivity index (χ0n) is 10.9. The molecule has 16 heavy (non-hydrogen) atoms. The smallest absolute Gasteiger partial charge is 0.237 e. The molecule has 0 spiro atoms. The Morgan fingerprint density at radius 1 is 1.50 bits per heavy atom. The third kappa shape index (κ3) is 3.17. The molecule has 1 saturated heterocycles. The van der Waals surface area contributed by atoms with Crippen molar-refractivity contribution in [2.45, 2.75) is 52.4 Å². The lowest BCUT2D eigenvalue weighted by Crippen LogP contribution is -2.48. The van der Waals surface area contributed by atoms with E-state index in [2.05, 4.69) is 26.1 Å². The molecule has 1 N–H and O–H groups in total. The number of alkyl halides is 1. The van der Waals surface area contributed by atoms with Gasteiger partial charge in [0.1, 0.15) is 6.17 Å². The molecule has 0 radical (unpaired) electrons. The summed E-state index contributed by atoms with van der Waals surface area (Å²) in [4.78, 5) is 13.7. The van der Waals surface area contributed by atoms with Crippen LogP contribution in [0.5, 0.6) is 0 Å². The molecule has 0 aliphatic carbocycles. The molecule has 1 aliphatic rings. The summed E-state index contributed by atoms with van der Waals surface area (Å²) in [5.41, 5.74) is 0.0297. The van der Waals surface area contributed by atoms with Crippen molar-refractivity contribution in [3.05, 3.63) is 0 Å². The van der Waals surface area contributed by atoms with E-state index in [1.54, 1.807) is 11.9 Å². The molecule has 3 atom stereocenters. The Hall–Kier alpha value is -0.640. The molecular weight excluding hydrogens is 207 g/mol. The number of halogens is 1. The molecule has 3 nitrogen and oxygen atoms in total. The highest BCUT2D eigenvalue weighted by Gasteiger charge is 2.35. The molecule has 0 bridgehead atoms. The van der Waals surface area contributed by atoms with Crippen LogP contribution in [0.25, 0.3) is 0 Å². The first-order valence-corrected chi connectivity index (χ1v) is 5.86. The van der Waals surface area contributed by atoms with Crippen LogP contribution in [0.3, 0.4) is 0 Å². The standard InChI is InChI=1S/C12H23FN2O/c1-8(12(2,3)4)14-11(16)10-6-9(13)7-15(10)5/h8-10H,6-7H2,1-5H3,(H,14,16). The number of likely N-dealkylation sites (tertiary alicyclic amines) is 1. The summed E-state index contributed by atoms with van der Waals surface area (Å²) in [6.07, 6.45) is -0.551. The maximum absolute atomic E-state index is 13.1. The largest absolute Gasteiger partial charge is 0.352 e. The van der Waals surface area contributed by atoms with Gasteiger partial charge in [0.2, 0.25) is 5.91 Å². The van der Waals surface area contributed by atoms with Gasteiger partial charge in [-0.1, -0.05) is 20.8 Å². The van der Waals surface area contributed by atoms with Gasteiger partial charge in [0, 0.05) is 19.0 Å². The number of carbonyl (C=O) groups is 1. The van der Waals surface area contributed by atoms with E-state index >= 15 is 0 Å².